The van der Waals surface area contributed by atoms with Crippen LogP contribution in [0.1, 0.15) is 62.9 Å². The zero-order chi connectivity index (χ0) is 19.2. The Morgan fingerprint density at radius 1 is 1.19 bits per heavy atom. The van der Waals surface area contributed by atoms with Gasteiger partial charge in [-0.15, -0.1) is 0 Å². The molecule has 0 bridgehead atoms. The highest BCUT2D eigenvalue weighted by molar-refractivity contribution is 5.95. The molecule has 1 saturated heterocycles. The van der Waals surface area contributed by atoms with E-state index in [1.165, 1.54) is 38.5 Å². The van der Waals surface area contributed by atoms with E-state index >= 15 is 0 Å². The number of carbonyl (C=O) groups excluding carboxylic acids is 2. The van der Waals surface area contributed by atoms with E-state index in [1.807, 2.05) is 13.8 Å². The van der Waals surface area contributed by atoms with Crippen LogP contribution < -0.4 is 10.6 Å². The number of amides is 2. The van der Waals surface area contributed by atoms with Gasteiger partial charge in [0, 0.05) is 25.7 Å². The number of hydrogen-bond acceptors (Lipinski definition) is 4. The van der Waals surface area contributed by atoms with Crippen LogP contribution in [-0.4, -0.2) is 48.4 Å². The largest absolute Gasteiger partial charge is 0.459 e. The molecule has 150 valence electrons. The van der Waals surface area contributed by atoms with Crippen molar-refractivity contribution in [2.24, 2.45) is 11.8 Å². The summed E-state index contributed by atoms with van der Waals surface area (Å²) >= 11 is 0. The second kappa shape index (κ2) is 9.40. The molecule has 2 amide bonds. The second-order valence-electron chi connectivity index (χ2n) is 8.41. The third kappa shape index (κ3) is 5.58. The van der Waals surface area contributed by atoms with Gasteiger partial charge in [-0.2, -0.15) is 0 Å². The van der Waals surface area contributed by atoms with Crippen molar-refractivity contribution < 1.29 is 14.0 Å². The zero-order valence-electron chi connectivity index (χ0n) is 16.6. The van der Waals surface area contributed by atoms with Crippen molar-refractivity contribution in [3.63, 3.8) is 0 Å². The van der Waals surface area contributed by atoms with E-state index in [4.69, 9.17) is 4.42 Å². The van der Waals surface area contributed by atoms with Crippen molar-refractivity contribution in [2.45, 2.75) is 64.5 Å². The first-order valence-electron chi connectivity index (χ1n) is 10.4. The summed E-state index contributed by atoms with van der Waals surface area (Å²) in [5.74, 6) is 0.665. The zero-order valence-corrected chi connectivity index (χ0v) is 16.6. The third-order valence-electron chi connectivity index (χ3n) is 5.91. The lowest BCUT2D eigenvalue weighted by atomic mass is 9.99. The number of piperidine rings is 1. The predicted octanol–water partition coefficient (Wildman–Crippen LogP) is 2.80. The van der Waals surface area contributed by atoms with E-state index in [2.05, 4.69) is 15.5 Å². The number of nitrogens with zero attached hydrogens (tertiary/aromatic N) is 1. The minimum atomic E-state index is -0.556. The van der Waals surface area contributed by atoms with Crippen LogP contribution in [-0.2, 0) is 4.79 Å². The molecule has 0 spiro atoms. The summed E-state index contributed by atoms with van der Waals surface area (Å²) in [6.45, 7) is 7.20. The Morgan fingerprint density at radius 2 is 1.89 bits per heavy atom. The molecule has 2 aliphatic rings. The summed E-state index contributed by atoms with van der Waals surface area (Å²) in [5.41, 5.74) is 0. The number of carbonyl (C=O) groups is 2. The standard InChI is InChI=1S/C21H33N3O3/c1-15(2)19(23-20(25)18-8-5-13-27-18)21(26)22-17-9-11-24(12-10-17)14-16-6-3-4-7-16/h5,8,13,15-17,19H,3-4,6-7,9-12,14H2,1-2H3,(H,22,26)(H,23,25). The molecule has 1 unspecified atom stereocenters. The van der Waals surface area contributed by atoms with Gasteiger partial charge in [-0.3, -0.25) is 9.59 Å². The van der Waals surface area contributed by atoms with Crippen molar-refractivity contribution in [3.8, 4) is 0 Å². The van der Waals surface area contributed by atoms with Gasteiger partial charge in [0.1, 0.15) is 6.04 Å². The Kier molecular flexibility index (Phi) is 6.94. The first-order chi connectivity index (χ1) is 13.0. The molecule has 0 aromatic carbocycles. The number of hydrogen-bond donors (Lipinski definition) is 2. The summed E-state index contributed by atoms with van der Waals surface area (Å²) in [6, 6.07) is 2.90. The Balaban J connectivity index is 1.45. The quantitative estimate of drug-likeness (QED) is 0.768. The Morgan fingerprint density at radius 3 is 2.48 bits per heavy atom. The van der Waals surface area contributed by atoms with Gasteiger partial charge < -0.3 is 20.0 Å². The van der Waals surface area contributed by atoms with Crippen molar-refractivity contribution in [1.29, 1.82) is 0 Å². The van der Waals surface area contributed by atoms with Gasteiger partial charge in [-0.05, 0) is 49.7 Å². The number of nitrogens with one attached hydrogen (secondary N) is 2. The van der Waals surface area contributed by atoms with E-state index < -0.39 is 6.04 Å². The van der Waals surface area contributed by atoms with Gasteiger partial charge in [0.25, 0.3) is 5.91 Å². The Labute approximate surface area is 162 Å². The fourth-order valence-corrected chi connectivity index (χ4v) is 4.26. The molecule has 2 heterocycles. The molecule has 1 aliphatic heterocycles. The van der Waals surface area contributed by atoms with Crippen molar-refractivity contribution in [1.82, 2.24) is 15.5 Å². The maximum absolute atomic E-state index is 12.7. The van der Waals surface area contributed by atoms with Crippen LogP contribution in [0, 0.1) is 11.8 Å². The molecule has 2 fully saturated rings. The third-order valence-corrected chi connectivity index (χ3v) is 5.91. The minimum Gasteiger partial charge on any atom is -0.459 e. The predicted molar refractivity (Wildman–Crippen MR) is 104 cm³/mol. The van der Waals surface area contributed by atoms with Gasteiger partial charge in [-0.1, -0.05) is 26.7 Å². The van der Waals surface area contributed by atoms with Crippen LogP contribution in [0.2, 0.25) is 0 Å². The average molecular weight is 376 g/mol. The average Bonchev–Trinajstić information content (AvgIpc) is 3.34. The molecule has 0 radical (unpaired) electrons. The van der Waals surface area contributed by atoms with E-state index in [-0.39, 0.29) is 29.5 Å². The molecule has 1 atom stereocenters. The summed E-state index contributed by atoms with van der Waals surface area (Å²) in [7, 11) is 0. The lowest BCUT2D eigenvalue weighted by Crippen LogP contribution is -2.54. The second-order valence-corrected chi connectivity index (χ2v) is 8.41. The maximum atomic E-state index is 12.7. The molecule has 2 N–H and O–H groups in total. The Hall–Kier alpha value is -1.82. The molecule has 1 aromatic heterocycles. The fourth-order valence-electron chi connectivity index (χ4n) is 4.26. The maximum Gasteiger partial charge on any atom is 0.287 e. The van der Waals surface area contributed by atoms with Crippen LogP contribution >= 0.6 is 0 Å². The first-order valence-corrected chi connectivity index (χ1v) is 10.4. The van der Waals surface area contributed by atoms with Crippen LogP contribution in [0.4, 0.5) is 0 Å². The van der Waals surface area contributed by atoms with Crippen molar-refractivity contribution in [3.05, 3.63) is 24.2 Å². The summed E-state index contributed by atoms with van der Waals surface area (Å²) in [4.78, 5) is 27.5. The highest BCUT2D eigenvalue weighted by Gasteiger charge is 2.29. The molecule has 3 rings (SSSR count). The van der Waals surface area contributed by atoms with Crippen LogP contribution in [0.25, 0.3) is 0 Å². The molecule has 6 nitrogen and oxygen atoms in total. The Bertz CT molecular complexity index is 600. The van der Waals surface area contributed by atoms with Gasteiger partial charge in [0.2, 0.25) is 5.91 Å². The van der Waals surface area contributed by atoms with Gasteiger partial charge in [0.05, 0.1) is 6.26 Å². The van der Waals surface area contributed by atoms with E-state index in [0.29, 0.717) is 0 Å². The topological polar surface area (TPSA) is 74.6 Å². The first kappa shape index (κ1) is 19.9. The number of rotatable bonds is 7. The van der Waals surface area contributed by atoms with Gasteiger partial charge in [0.15, 0.2) is 5.76 Å². The number of likely N-dealkylation sites (tertiary alicyclic amines) is 1. The van der Waals surface area contributed by atoms with Crippen molar-refractivity contribution in [2.75, 3.05) is 19.6 Å². The summed E-state index contributed by atoms with van der Waals surface area (Å²) in [5, 5.41) is 5.96. The molecule has 27 heavy (non-hydrogen) atoms. The lowest BCUT2D eigenvalue weighted by Gasteiger charge is -2.34. The molecule has 1 aromatic rings. The van der Waals surface area contributed by atoms with Crippen molar-refractivity contribution >= 4 is 11.8 Å². The minimum absolute atomic E-state index is 0.00590. The van der Waals surface area contributed by atoms with Gasteiger partial charge in [-0.25, -0.2) is 0 Å². The normalized spacial score (nSPS) is 20.7. The molecule has 1 aliphatic carbocycles. The van der Waals surface area contributed by atoms with Crippen LogP contribution in [0.5, 0.6) is 0 Å². The smallest absolute Gasteiger partial charge is 0.287 e. The highest BCUT2D eigenvalue weighted by Crippen LogP contribution is 2.26. The van der Waals surface area contributed by atoms with E-state index in [1.54, 1.807) is 12.1 Å². The highest BCUT2D eigenvalue weighted by atomic mass is 16.3. The van der Waals surface area contributed by atoms with E-state index in [9.17, 15) is 9.59 Å². The van der Waals surface area contributed by atoms with Crippen LogP contribution in [0.3, 0.4) is 0 Å². The molecular weight excluding hydrogens is 342 g/mol. The molecule has 6 heteroatoms. The van der Waals surface area contributed by atoms with Gasteiger partial charge >= 0.3 is 0 Å². The van der Waals surface area contributed by atoms with Crippen LogP contribution in [0.15, 0.2) is 22.8 Å². The molecular formula is C21H33N3O3. The lowest BCUT2D eigenvalue weighted by molar-refractivity contribution is -0.125. The fraction of sp³-hybridized carbons (Fsp3) is 0.714. The summed E-state index contributed by atoms with van der Waals surface area (Å²) in [6.07, 6.45) is 8.95. The summed E-state index contributed by atoms with van der Waals surface area (Å²) < 4.78 is 5.12. The number of furan rings is 1. The monoisotopic (exact) mass is 375 g/mol. The molecule has 1 saturated carbocycles. The van der Waals surface area contributed by atoms with E-state index in [0.717, 1.165) is 31.8 Å². The SMILES string of the molecule is CC(C)C(NC(=O)c1ccco1)C(=O)NC1CCN(CC2CCCC2)CC1.